The molecular formula is C19H15FN2O5. The van der Waals surface area contributed by atoms with Crippen LogP contribution in [0.15, 0.2) is 48.0 Å². The van der Waals surface area contributed by atoms with E-state index >= 15 is 0 Å². The summed E-state index contributed by atoms with van der Waals surface area (Å²) < 4.78 is 23.5. The second kappa shape index (κ2) is 7.28. The van der Waals surface area contributed by atoms with Crippen molar-refractivity contribution in [3.8, 4) is 11.5 Å². The van der Waals surface area contributed by atoms with Crippen LogP contribution in [-0.2, 0) is 9.59 Å². The second-order valence-corrected chi connectivity index (χ2v) is 5.54. The lowest BCUT2D eigenvalue weighted by molar-refractivity contribution is -0.122. The highest BCUT2D eigenvalue weighted by molar-refractivity contribution is 6.39. The van der Waals surface area contributed by atoms with Gasteiger partial charge in [-0.15, -0.1) is 0 Å². The summed E-state index contributed by atoms with van der Waals surface area (Å²) in [7, 11) is 2.94. The molecule has 2 aromatic carbocycles. The molecule has 0 bridgehead atoms. The molecule has 1 saturated heterocycles. The molecule has 27 heavy (non-hydrogen) atoms. The van der Waals surface area contributed by atoms with Crippen molar-refractivity contribution in [3.63, 3.8) is 0 Å². The number of barbiturate groups is 1. The fraction of sp³-hybridized carbons (Fsp3) is 0.105. The molecule has 1 aliphatic rings. The molecule has 0 aromatic heterocycles. The normalized spacial score (nSPS) is 15.7. The van der Waals surface area contributed by atoms with Gasteiger partial charge in [0.15, 0.2) is 0 Å². The van der Waals surface area contributed by atoms with Crippen molar-refractivity contribution in [1.82, 2.24) is 5.32 Å². The van der Waals surface area contributed by atoms with Crippen LogP contribution < -0.4 is 19.7 Å². The number of methoxy groups -OCH3 is 2. The van der Waals surface area contributed by atoms with Crippen molar-refractivity contribution in [2.75, 3.05) is 19.1 Å². The molecule has 1 aliphatic heterocycles. The molecule has 2 aromatic rings. The third kappa shape index (κ3) is 3.50. The first-order chi connectivity index (χ1) is 12.9. The topological polar surface area (TPSA) is 84.9 Å². The quantitative estimate of drug-likeness (QED) is 0.660. The molecule has 4 amide bonds. The zero-order chi connectivity index (χ0) is 19.6. The van der Waals surface area contributed by atoms with E-state index in [1.807, 2.05) is 0 Å². The van der Waals surface area contributed by atoms with E-state index in [1.165, 1.54) is 32.4 Å². The van der Waals surface area contributed by atoms with Gasteiger partial charge in [0, 0.05) is 11.6 Å². The Bertz CT molecular complexity index is 953. The van der Waals surface area contributed by atoms with E-state index < -0.39 is 23.7 Å². The maximum atomic E-state index is 13.1. The van der Waals surface area contributed by atoms with Crippen LogP contribution in [0.3, 0.4) is 0 Å². The Morgan fingerprint density at radius 1 is 1.00 bits per heavy atom. The van der Waals surface area contributed by atoms with Gasteiger partial charge in [0.2, 0.25) is 0 Å². The molecule has 0 radical (unpaired) electrons. The van der Waals surface area contributed by atoms with Gasteiger partial charge in [-0.3, -0.25) is 14.9 Å². The number of anilines is 1. The molecular weight excluding hydrogens is 355 g/mol. The zero-order valence-electron chi connectivity index (χ0n) is 14.5. The minimum absolute atomic E-state index is 0.138. The van der Waals surface area contributed by atoms with Gasteiger partial charge in [-0.25, -0.2) is 14.1 Å². The molecule has 1 heterocycles. The summed E-state index contributed by atoms with van der Waals surface area (Å²) >= 11 is 0. The molecule has 0 atom stereocenters. The zero-order valence-corrected chi connectivity index (χ0v) is 14.5. The van der Waals surface area contributed by atoms with E-state index in [0.29, 0.717) is 17.1 Å². The molecule has 8 heteroatoms. The molecule has 1 fully saturated rings. The maximum Gasteiger partial charge on any atom is 0.335 e. The van der Waals surface area contributed by atoms with Crippen LogP contribution in [0.4, 0.5) is 14.9 Å². The Kier molecular flexibility index (Phi) is 4.89. The summed E-state index contributed by atoms with van der Waals surface area (Å²) in [5.41, 5.74) is 0.326. The average molecular weight is 370 g/mol. The lowest BCUT2D eigenvalue weighted by atomic mass is 10.1. The number of carbonyl (C=O) groups is 3. The van der Waals surface area contributed by atoms with Crippen LogP contribution in [0.2, 0.25) is 0 Å². The highest BCUT2D eigenvalue weighted by Crippen LogP contribution is 2.28. The van der Waals surface area contributed by atoms with Gasteiger partial charge in [0.25, 0.3) is 11.8 Å². The summed E-state index contributed by atoms with van der Waals surface area (Å²) in [4.78, 5) is 37.9. The van der Waals surface area contributed by atoms with Crippen LogP contribution in [0.25, 0.3) is 6.08 Å². The first-order valence-electron chi connectivity index (χ1n) is 7.83. The minimum atomic E-state index is -0.907. The van der Waals surface area contributed by atoms with E-state index in [2.05, 4.69) is 5.32 Å². The van der Waals surface area contributed by atoms with Gasteiger partial charge in [0.1, 0.15) is 22.9 Å². The Hall–Kier alpha value is -3.68. The second-order valence-electron chi connectivity index (χ2n) is 5.54. The minimum Gasteiger partial charge on any atom is -0.497 e. The Morgan fingerprint density at radius 3 is 2.33 bits per heavy atom. The Balaban J connectivity index is 2.03. The van der Waals surface area contributed by atoms with Crippen molar-refractivity contribution < 1.29 is 28.2 Å². The van der Waals surface area contributed by atoms with Gasteiger partial charge in [-0.2, -0.15) is 0 Å². The van der Waals surface area contributed by atoms with E-state index in [1.54, 1.807) is 18.2 Å². The maximum absolute atomic E-state index is 13.1. The molecule has 1 N–H and O–H groups in total. The van der Waals surface area contributed by atoms with Crippen LogP contribution in [0.1, 0.15) is 5.56 Å². The van der Waals surface area contributed by atoms with Crippen LogP contribution >= 0.6 is 0 Å². The van der Waals surface area contributed by atoms with E-state index in [9.17, 15) is 18.8 Å². The number of benzene rings is 2. The van der Waals surface area contributed by atoms with Crippen molar-refractivity contribution in [3.05, 3.63) is 59.4 Å². The number of halogens is 1. The molecule has 0 aliphatic carbocycles. The number of imide groups is 2. The largest absolute Gasteiger partial charge is 0.497 e. The third-order valence-electron chi connectivity index (χ3n) is 3.93. The number of nitrogens with one attached hydrogen (secondary N) is 1. The van der Waals surface area contributed by atoms with Crippen LogP contribution in [0, 0.1) is 5.82 Å². The van der Waals surface area contributed by atoms with E-state index in [0.717, 1.165) is 17.0 Å². The Labute approximate surface area is 154 Å². The number of urea groups is 1. The van der Waals surface area contributed by atoms with Crippen molar-refractivity contribution >= 4 is 29.6 Å². The standard InChI is InChI=1S/C19H15FN2O5/c1-26-14-8-3-11(16(10-14)27-2)9-15-17(23)21-19(25)22(18(15)24)13-6-4-12(20)5-7-13/h3-10H,1-2H3,(H,21,23,25)/b15-9+. The average Bonchev–Trinajstić information content (AvgIpc) is 2.66. The number of carbonyl (C=O) groups excluding carboxylic acids is 3. The summed E-state index contributed by atoms with van der Waals surface area (Å²) in [6.45, 7) is 0. The molecule has 0 saturated carbocycles. The number of ether oxygens (including phenoxy) is 2. The van der Waals surface area contributed by atoms with E-state index in [-0.39, 0.29) is 11.3 Å². The van der Waals surface area contributed by atoms with Gasteiger partial charge in [-0.05, 0) is 42.5 Å². The SMILES string of the molecule is COc1ccc(/C=C2\C(=O)NC(=O)N(c3ccc(F)cc3)C2=O)c(OC)c1. The van der Waals surface area contributed by atoms with Crippen molar-refractivity contribution in [1.29, 1.82) is 0 Å². The fourth-order valence-corrected chi connectivity index (χ4v) is 2.58. The highest BCUT2D eigenvalue weighted by atomic mass is 19.1. The summed E-state index contributed by atoms with van der Waals surface area (Å²) in [5.74, 6) is -1.25. The number of amides is 4. The molecule has 0 unspecified atom stereocenters. The lowest BCUT2D eigenvalue weighted by Gasteiger charge is -2.26. The lowest BCUT2D eigenvalue weighted by Crippen LogP contribution is -2.54. The summed E-state index contributed by atoms with van der Waals surface area (Å²) in [6.07, 6.45) is 1.32. The van der Waals surface area contributed by atoms with Crippen LogP contribution in [0.5, 0.6) is 11.5 Å². The van der Waals surface area contributed by atoms with Crippen LogP contribution in [-0.4, -0.2) is 32.1 Å². The molecule has 0 spiro atoms. The third-order valence-corrected chi connectivity index (χ3v) is 3.93. The molecule has 7 nitrogen and oxygen atoms in total. The number of rotatable bonds is 4. The highest BCUT2D eigenvalue weighted by Gasteiger charge is 2.37. The Morgan fingerprint density at radius 2 is 1.70 bits per heavy atom. The predicted octanol–water partition coefficient (Wildman–Crippen LogP) is 2.51. The van der Waals surface area contributed by atoms with Gasteiger partial charge >= 0.3 is 6.03 Å². The molecule has 3 rings (SSSR count). The van der Waals surface area contributed by atoms with E-state index in [4.69, 9.17) is 9.47 Å². The van der Waals surface area contributed by atoms with Crippen molar-refractivity contribution in [2.45, 2.75) is 0 Å². The fourth-order valence-electron chi connectivity index (χ4n) is 2.58. The first-order valence-corrected chi connectivity index (χ1v) is 7.83. The first kappa shape index (κ1) is 18.1. The smallest absolute Gasteiger partial charge is 0.335 e. The summed E-state index contributed by atoms with van der Waals surface area (Å²) in [5, 5.41) is 2.10. The summed E-state index contributed by atoms with van der Waals surface area (Å²) in [6, 6.07) is 8.72. The predicted molar refractivity (Wildman–Crippen MR) is 94.9 cm³/mol. The number of hydrogen-bond donors (Lipinski definition) is 1. The number of nitrogens with zero attached hydrogens (tertiary/aromatic N) is 1. The van der Waals surface area contributed by atoms with Gasteiger partial charge in [-0.1, -0.05) is 0 Å². The van der Waals surface area contributed by atoms with Crippen molar-refractivity contribution in [2.24, 2.45) is 0 Å². The van der Waals surface area contributed by atoms with Gasteiger partial charge in [0.05, 0.1) is 19.9 Å². The number of hydrogen-bond acceptors (Lipinski definition) is 5. The molecule has 138 valence electrons. The monoisotopic (exact) mass is 370 g/mol. The van der Waals surface area contributed by atoms with Gasteiger partial charge < -0.3 is 9.47 Å².